The van der Waals surface area contributed by atoms with Gasteiger partial charge in [0.2, 0.25) is 11.8 Å². The highest BCUT2D eigenvalue weighted by atomic mass is 32.2. The lowest BCUT2D eigenvalue weighted by atomic mass is 10.2. The maximum absolute atomic E-state index is 11.7. The van der Waals surface area contributed by atoms with E-state index in [1.165, 1.54) is 18.9 Å². The number of methoxy groups -OCH3 is 2. The number of esters is 1. The summed E-state index contributed by atoms with van der Waals surface area (Å²) in [6.07, 6.45) is 0.0914. The molecule has 1 rings (SSSR count). The lowest BCUT2D eigenvalue weighted by Gasteiger charge is -2.26. The molecule has 0 unspecified atom stereocenters. The summed E-state index contributed by atoms with van der Waals surface area (Å²) >= 11 is 1.29. The Morgan fingerprint density at radius 2 is 2.21 bits per heavy atom. The molecule has 0 radical (unpaired) electrons. The molecule has 1 heterocycles. The summed E-state index contributed by atoms with van der Waals surface area (Å²) in [7, 11) is 2.82. The molecule has 2 amide bonds. The molecule has 1 fully saturated rings. The van der Waals surface area contributed by atoms with E-state index in [2.05, 4.69) is 15.4 Å². The number of amides is 2. The van der Waals surface area contributed by atoms with Gasteiger partial charge in [-0.2, -0.15) is 0 Å². The van der Waals surface area contributed by atoms with Crippen LogP contribution in [0.15, 0.2) is 0 Å². The minimum absolute atomic E-state index is 0.0914. The van der Waals surface area contributed by atoms with Crippen LogP contribution in [-0.2, 0) is 23.9 Å². The van der Waals surface area contributed by atoms with E-state index in [4.69, 9.17) is 4.74 Å². The monoisotopic (exact) mass is 290 g/mol. The molecule has 0 bridgehead atoms. The second kappa shape index (κ2) is 8.00. The van der Waals surface area contributed by atoms with Crippen molar-refractivity contribution >= 4 is 29.5 Å². The van der Waals surface area contributed by atoms with Crippen molar-refractivity contribution in [2.45, 2.75) is 17.7 Å². The molecule has 0 saturated carbocycles. The average molecular weight is 290 g/mol. The van der Waals surface area contributed by atoms with Crippen molar-refractivity contribution < 1.29 is 23.9 Å². The van der Waals surface area contributed by atoms with Gasteiger partial charge in [0.05, 0.1) is 19.0 Å². The van der Waals surface area contributed by atoms with Gasteiger partial charge in [0.25, 0.3) is 0 Å². The zero-order valence-corrected chi connectivity index (χ0v) is 11.7. The normalized spacial score (nSPS) is 22.5. The fraction of sp³-hybridized carbons (Fsp3) is 0.727. The minimum Gasteiger partial charge on any atom is -0.467 e. The van der Waals surface area contributed by atoms with Crippen LogP contribution in [0.4, 0.5) is 0 Å². The number of hydrogen-bond donors (Lipinski definition) is 2. The molecule has 0 spiro atoms. The molecule has 1 aliphatic rings. The summed E-state index contributed by atoms with van der Waals surface area (Å²) in [6.45, 7) is 0.847. The van der Waals surface area contributed by atoms with E-state index in [0.717, 1.165) is 0 Å². The first-order valence-corrected chi connectivity index (χ1v) is 6.88. The quantitative estimate of drug-likeness (QED) is 0.477. The average Bonchev–Trinajstić information content (AvgIpc) is 2.40. The van der Waals surface area contributed by atoms with Crippen LogP contribution in [0, 0.1) is 0 Å². The Kier molecular flexibility index (Phi) is 6.65. The van der Waals surface area contributed by atoms with E-state index < -0.39 is 17.3 Å². The molecule has 0 aromatic heterocycles. The zero-order valence-electron chi connectivity index (χ0n) is 10.9. The summed E-state index contributed by atoms with van der Waals surface area (Å²) in [6, 6.07) is -0.629. The molecular weight excluding hydrogens is 272 g/mol. The van der Waals surface area contributed by atoms with Crippen molar-refractivity contribution in [1.29, 1.82) is 0 Å². The van der Waals surface area contributed by atoms with E-state index in [0.29, 0.717) is 18.9 Å². The Morgan fingerprint density at radius 3 is 2.79 bits per heavy atom. The number of hydrogen-bond acceptors (Lipinski definition) is 6. The molecule has 0 aliphatic carbocycles. The van der Waals surface area contributed by atoms with Crippen LogP contribution in [0.5, 0.6) is 0 Å². The van der Waals surface area contributed by atoms with Crippen LogP contribution in [0.3, 0.4) is 0 Å². The second-order valence-corrected chi connectivity index (χ2v) is 5.19. The van der Waals surface area contributed by atoms with Gasteiger partial charge in [0.1, 0.15) is 6.04 Å². The van der Waals surface area contributed by atoms with Gasteiger partial charge in [-0.25, -0.2) is 4.79 Å². The van der Waals surface area contributed by atoms with Gasteiger partial charge in [0.15, 0.2) is 0 Å². The Bertz CT molecular complexity index is 350. The van der Waals surface area contributed by atoms with Crippen molar-refractivity contribution in [1.82, 2.24) is 10.6 Å². The van der Waals surface area contributed by atoms with Crippen LogP contribution in [-0.4, -0.2) is 62.2 Å². The van der Waals surface area contributed by atoms with Gasteiger partial charge in [0, 0.05) is 25.8 Å². The SMILES string of the molecule is COCCNC(=O)C[C@H]1SC[C@H](C(=O)OC)NC1=O. The molecule has 2 atom stereocenters. The molecular formula is C11H18N2O5S. The fourth-order valence-corrected chi connectivity index (χ4v) is 2.68. The smallest absolute Gasteiger partial charge is 0.329 e. The van der Waals surface area contributed by atoms with Crippen molar-refractivity contribution in [3.05, 3.63) is 0 Å². The standard InChI is InChI=1S/C11H18N2O5S/c1-17-4-3-12-9(14)5-8-10(15)13-7(6-19-8)11(16)18-2/h7-8H,3-6H2,1-2H3,(H,12,14)(H,13,15)/t7-,8-/m1/s1. The van der Waals surface area contributed by atoms with Crippen LogP contribution >= 0.6 is 11.8 Å². The second-order valence-electron chi connectivity index (χ2n) is 3.95. The molecule has 1 aliphatic heterocycles. The van der Waals surface area contributed by atoms with Gasteiger partial charge >= 0.3 is 5.97 Å². The number of thioether (sulfide) groups is 1. The van der Waals surface area contributed by atoms with Crippen LogP contribution in [0.2, 0.25) is 0 Å². The Labute approximate surface area is 115 Å². The van der Waals surface area contributed by atoms with E-state index in [1.807, 2.05) is 0 Å². The third kappa shape index (κ3) is 5.07. The summed E-state index contributed by atoms with van der Waals surface area (Å²) < 4.78 is 9.37. The molecule has 1 saturated heterocycles. The van der Waals surface area contributed by atoms with Gasteiger partial charge in [-0.05, 0) is 0 Å². The van der Waals surface area contributed by atoms with E-state index in [1.54, 1.807) is 7.11 Å². The number of rotatable bonds is 6. The molecule has 19 heavy (non-hydrogen) atoms. The van der Waals surface area contributed by atoms with Gasteiger partial charge in [-0.15, -0.1) is 11.8 Å². The molecule has 8 heteroatoms. The first-order chi connectivity index (χ1) is 9.08. The molecule has 0 aromatic rings. The van der Waals surface area contributed by atoms with Gasteiger partial charge in [-0.1, -0.05) is 0 Å². The van der Waals surface area contributed by atoms with Gasteiger partial charge in [-0.3, -0.25) is 9.59 Å². The van der Waals surface area contributed by atoms with Gasteiger partial charge < -0.3 is 20.1 Å². The Hall–Kier alpha value is -1.28. The Balaban J connectivity index is 2.35. The van der Waals surface area contributed by atoms with Crippen LogP contribution in [0.1, 0.15) is 6.42 Å². The summed E-state index contributed by atoms with van der Waals surface area (Å²) in [5.74, 6) is -0.576. The largest absolute Gasteiger partial charge is 0.467 e. The number of carbonyl (C=O) groups is 3. The summed E-state index contributed by atoms with van der Waals surface area (Å²) in [4.78, 5) is 34.6. The highest BCUT2D eigenvalue weighted by molar-refractivity contribution is 8.00. The van der Waals surface area contributed by atoms with Crippen molar-refractivity contribution in [3.8, 4) is 0 Å². The molecule has 108 valence electrons. The van der Waals surface area contributed by atoms with E-state index >= 15 is 0 Å². The number of nitrogens with one attached hydrogen (secondary N) is 2. The molecule has 7 nitrogen and oxygen atoms in total. The third-order valence-corrected chi connectivity index (χ3v) is 3.87. The van der Waals surface area contributed by atoms with Crippen molar-refractivity contribution in [3.63, 3.8) is 0 Å². The summed E-state index contributed by atoms with van der Waals surface area (Å²) in [5.41, 5.74) is 0. The zero-order chi connectivity index (χ0) is 14.3. The lowest BCUT2D eigenvalue weighted by Crippen LogP contribution is -2.51. The topological polar surface area (TPSA) is 93.7 Å². The van der Waals surface area contributed by atoms with Crippen molar-refractivity contribution in [2.24, 2.45) is 0 Å². The first-order valence-electron chi connectivity index (χ1n) is 5.84. The van der Waals surface area contributed by atoms with Crippen LogP contribution in [0.25, 0.3) is 0 Å². The Morgan fingerprint density at radius 1 is 1.47 bits per heavy atom. The molecule has 2 N–H and O–H groups in total. The highest BCUT2D eigenvalue weighted by Gasteiger charge is 2.33. The lowest BCUT2D eigenvalue weighted by molar-refractivity contribution is -0.144. The van der Waals surface area contributed by atoms with Crippen LogP contribution < -0.4 is 10.6 Å². The summed E-state index contributed by atoms with van der Waals surface area (Å²) in [5, 5.41) is 4.73. The van der Waals surface area contributed by atoms with E-state index in [-0.39, 0.29) is 18.2 Å². The highest BCUT2D eigenvalue weighted by Crippen LogP contribution is 2.21. The maximum atomic E-state index is 11.7. The molecule has 0 aromatic carbocycles. The predicted molar refractivity (Wildman–Crippen MR) is 69.7 cm³/mol. The maximum Gasteiger partial charge on any atom is 0.329 e. The minimum atomic E-state index is -0.629. The van der Waals surface area contributed by atoms with Crippen molar-refractivity contribution in [2.75, 3.05) is 33.1 Å². The third-order valence-electron chi connectivity index (χ3n) is 2.56. The van der Waals surface area contributed by atoms with E-state index in [9.17, 15) is 14.4 Å². The fourth-order valence-electron chi connectivity index (χ4n) is 1.55. The number of ether oxygens (including phenoxy) is 2. The predicted octanol–water partition coefficient (Wildman–Crippen LogP) is -1.09. The first kappa shape index (κ1) is 15.8. The number of carbonyl (C=O) groups excluding carboxylic acids is 3.